The molecule has 2 rings (SSSR count). The van der Waals surface area contributed by atoms with Gasteiger partial charge in [0, 0.05) is 0 Å². The van der Waals surface area contributed by atoms with Crippen molar-refractivity contribution in [1.29, 1.82) is 0 Å². The molecule has 0 unspecified atom stereocenters. The van der Waals surface area contributed by atoms with Gasteiger partial charge in [-0.1, -0.05) is 11.6 Å². The Balaban J connectivity index is 2.26. The first-order valence-electron chi connectivity index (χ1n) is 9.27. The highest BCUT2D eigenvalue weighted by Gasteiger charge is 2.36. The zero-order chi connectivity index (χ0) is 23.1. The summed E-state index contributed by atoms with van der Waals surface area (Å²) in [6.07, 6.45) is 1.10. The Morgan fingerprint density at radius 2 is 1.90 bits per heavy atom. The van der Waals surface area contributed by atoms with E-state index in [0.29, 0.717) is 23.9 Å². The van der Waals surface area contributed by atoms with Crippen LogP contribution in [-0.2, 0) is 23.9 Å². The molecule has 0 N–H and O–H groups in total. The lowest BCUT2D eigenvalue weighted by molar-refractivity contribution is -0.149. The van der Waals surface area contributed by atoms with E-state index in [9.17, 15) is 19.2 Å². The highest BCUT2D eigenvalue weighted by atomic mass is 35.5. The van der Waals surface area contributed by atoms with Crippen molar-refractivity contribution >= 4 is 52.5 Å². The van der Waals surface area contributed by atoms with E-state index in [-0.39, 0.29) is 34.1 Å². The lowest BCUT2D eigenvalue weighted by atomic mass is 10.1. The molecule has 1 fully saturated rings. The van der Waals surface area contributed by atoms with Crippen LogP contribution in [0.5, 0.6) is 11.5 Å². The molecular formula is C20H22ClNO8S. The molecule has 0 aromatic heterocycles. The molecule has 0 aliphatic carbocycles. The van der Waals surface area contributed by atoms with E-state index in [1.165, 1.54) is 19.3 Å². The predicted octanol–water partition coefficient (Wildman–Crippen LogP) is 3.28. The van der Waals surface area contributed by atoms with Crippen molar-refractivity contribution in [3.8, 4) is 11.5 Å². The van der Waals surface area contributed by atoms with Gasteiger partial charge in [0.1, 0.15) is 6.54 Å². The Labute approximate surface area is 188 Å². The van der Waals surface area contributed by atoms with E-state index < -0.39 is 29.6 Å². The van der Waals surface area contributed by atoms with Crippen molar-refractivity contribution in [2.75, 3.05) is 26.9 Å². The number of rotatable bonds is 9. The molecule has 1 saturated heterocycles. The molecule has 0 saturated carbocycles. The van der Waals surface area contributed by atoms with Gasteiger partial charge in [0.2, 0.25) is 0 Å². The second kappa shape index (κ2) is 11.1. The van der Waals surface area contributed by atoms with Crippen molar-refractivity contribution < 1.29 is 38.1 Å². The maximum atomic E-state index is 12.6. The molecule has 1 aromatic rings. The van der Waals surface area contributed by atoms with Gasteiger partial charge in [-0.05, 0) is 56.3 Å². The van der Waals surface area contributed by atoms with Crippen LogP contribution in [0, 0.1) is 0 Å². The molecule has 0 spiro atoms. The van der Waals surface area contributed by atoms with E-state index >= 15 is 0 Å². The Morgan fingerprint density at radius 3 is 2.52 bits per heavy atom. The summed E-state index contributed by atoms with van der Waals surface area (Å²) < 4.78 is 20.4. The van der Waals surface area contributed by atoms with Gasteiger partial charge in [0.15, 0.2) is 18.1 Å². The van der Waals surface area contributed by atoms with Gasteiger partial charge in [-0.15, -0.1) is 0 Å². The zero-order valence-electron chi connectivity index (χ0n) is 17.4. The minimum atomic E-state index is -0.674. The van der Waals surface area contributed by atoms with E-state index in [0.717, 1.165) is 4.90 Å². The predicted molar refractivity (Wildman–Crippen MR) is 114 cm³/mol. The third-order valence-corrected chi connectivity index (χ3v) is 4.91. The van der Waals surface area contributed by atoms with Gasteiger partial charge in [0.05, 0.1) is 29.7 Å². The summed E-state index contributed by atoms with van der Waals surface area (Å²) in [7, 11) is 1.23. The van der Waals surface area contributed by atoms with Gasteiger partial charge in [0.25, 0.3) is 11.1 Å². The summed E-state index contributed by atoms with van der Waals surface area (Å²) in [5, 5.41) is -0.438. The van der Waals surface area contributed by atoms with E-state index in [2.05, 4.69) is 4.74 Å². The fourth-order valence-electron chi connectivity index (χ4n) is 2.48. The van der Waals surface area contributed by atoms with Crippen LogP contribution < -0.4 is 9.47 Å². The van der Waals surface area contributed by atoms with Crippen LogP contribution in [0.4, 0.5) is 4.79 Å². The normalized spacial score (nSPS) is 14.9. The number of methoxy groups -OCH3 is 1. The summed E-state index contributed by atoms with van der Waals surface area (Å²) in [5.74, 6) is -1.48. The van der Waals surface area contributed by atoms with Crippen LogP contribution in [-0.4, -0.2) is 61.0 Å². The van der Waals surface area contributed by atoms with Gasteiger partial charge >= 0.3 is 11.9 Å². The monoisotopic (exact) mass is 471 g/mol. The highest BCUT2D eigenvalue weighted by Crippen LogP contribution is 2.39. The Morgan fingerprint density at radius 1 is 1.19 bits per heavy atom. The number of carbonyl (C=O) groups excluding carboxylic acids is 4. The lowest BCUT2D eigenvalue weighted by Gasteiger charge is -2.14. The molecule has 2 amide bonds. The number of esters is 2. The quantitative estimate of drug-likeness (QED) is 0.396. The first-order valence-corrected chi connectivity index (χ1v) is 10.5. The van der Waals surface area contributed by atoms with Gasteiger partial charge < -0.3 is 18.9 Å². The third kappa shape index (κ3) is 6.63. The standard InChI is InChI=1S/C20H22ClNO8S/c1-5-28-14-7-12(6-13(21)18(14)29-10-17(24)27-4)8-15-19(25)22(20(26)31-15)9-16(23)30-11(2)3/h6-8,11H,5,9-10H2,1-4H3/b15-8+. The summed E-state index contributed by atoms with van der Waals surface area (Å²) in [6, 6.07) is 3.06. The maximum Gasteiger partial charge on any atom is 0.343 e. The molecule has 1 aromatic carbocycles. The van der Waals surface area contributed by atoms with E-state index in [4.69, 9.17) is 25.8 Å². The molecule has 31 heavy (non-hydrogen) atoms. The average Bonchev–Trinajstić information content (AvgIpc) is 2.94. The maximum absolute atomic E-state index is 12.6. The first kappa shape index (κ1) is 24.5. The number of carbonyl (C=O) groups is 4. The minimum Gasteiger partial charge on any atom is -0.490 e. The van der Waals surface area contributed by atoms with Crippen molar-refractivity contribution in [3.63, 3.8) is 0 Å². The van der Waals surface area contributed by atoms with Crippen molar-refractivity contribution in [2.45, 2.75) is 26.9 Å². The van der Waals surface area contributed by atoms with Crippen molar-refractivity contribution in [2.24, 2.45) is 0 Å². The molecule has 0 radical (unpaired) electrons. The molecule has 0 bridgehead atoms. The van der Waals surface area contributed by atoms with Gasteiger partial charge in [-0.3, -0.25) is 19.3 Å². The molecule has 1 heterocycles. The van der Waals surface area contributed by atoms with Crippen LogP contribution in [0.3, 0.4) is 0 Å². The smallest absolute Gasteiger partial charge is 0.343 e. The molecule has 11 heteroatoms. The van der Waals surface area contributed by atoms with E-state index in [1.807, 2.05) is 0 Å². The second-order valence-corrected chi connectivity index (χ2v) is 7.83. The Kier molecular flexibility index (Phi) is 8.76. The molecule has 1 aliphatic rings. The number of ether oxygens (including phenoxy) is 4. The number of halogens is 1. The third-order valence-electron chi connectivity index (χ3n) is 3.72. The van der Waals surface area contributed by atoms with Gasteiger partial charge in [-0.25, -0.2) is 4.79 Å². The summed E-state index contributed by atoms with van der Waals surface area (Å²) in [5.41, 5.74) is 0.467. The average molecular weight is 472 g/mol. The number of hydrogen-bond acceptors (Lipinski definition) is 9. The minimum absolute atomic E-state index is 0.115. The lowest BCUT2D eigenvalue weighted by Crippen LogP contribution is -2.35. The number of amides is 2. The highest BCUT2D eigenvalue weighted by molar-refractivity contribution is 8.18. The molecule has 1 aliphatic heterocycles. The largest absolute Gasteiger partial charge is 0.490 e. The molecule has 0 atom stereocenters. The van der Waals surface area contributed by atoms with Gasteiger partial charge in [-0.2, -0.15) is 0 Å². The Hall–Kier alpha value is -2.72. The van der Waals surface area contributed by atoms with Crippen LogP contribution in [0.2, 0.25) is 5.02 Å². The topological polar surface area (TPSA) is 108 Å². The zero-order valence-corrected chi connectivity index (χ0v) is 19.0. The number of hydrogen-bond donors (Lipinski definition) is 0. The van der Waals surface area contributed by atoms with Crippen LogP contribution in [0.1, 0.15) is 26.3 Å². The fourth-order valence-corrected chi connectivity index (χ4v) is 3.59. The number of thioether (sulfide) groups is 1. The molecule has 9 nitrogen and oxygen atoms in total. The molecular weight excluding hydrogens is 450 g/mol. The summed E-state index contributed by atoms with van der Waals surface area (Å²) in [4.78, 5) is 48.9. The van der Waals surface area contributed by atoms with Crippen LogP contribution in [0.25, 0.3) is 6.08 Å². The van der Waals surface area contributed by atoms with Crippen LogP contribution >= 0.6 is 23.4 Å². The van der Waals surface area contributed by atoms with E-state index in [1.54, 1.807) is 26.8 Å². The number of benzene rings is 1. The SMILES string of the molecule is CCOc1cc(/C=C2/SC(=O)N(CC(=O)OC(C)C)C2=O)cc(Cl)c1OCC(=O)OC. The number of nitrogens with zero attached hydrogens (tertiary/aromatic N) is 1. The fraction of sp³-hybridized carbons (Fsp3) is 0.400. The number of imide groups is 1. The summed E-state index contributed by atoms with van der Waals surface area (Å²) in [6.45, 7) is 4.56. The van der Waals surface area contributed by atoms with Crippen molar-refractivity contribution in [3.05, 3.63) is 27.6 Å². The first-order chi connectivity index (χ1) is 14.7. The van der Waals surface area contributed by atoms with Crippen molar-refractivity contribution in [1.82, 2.24) is 4.90 Å². The second-order valence-electron chi connectivity index (χ2n) is 6.43. The summed E-state index contributed by atoms with van der Waals surface area (Å²) >= 11 is 6.98. The Bertz CT molecular complexity index is 915. The molecule has 168 valence electrons. The van der Waals surface area contributed by atoms with Crippen LogP contribution in [0.15, 0.2) is 17.0 Å².